The van der Waals surface area contributed by atoms with Crippen LogP contribution in [0.4, 0.5) is 0 Å². The molecule has 0 unspecified atom stereocenters. The van der Waals surface area contributed by atoms with Crippen LogP contribution in [-0.4, -0.2) is 85.6 Å². The Morgan fingerprint density at radius 2 is 1.13 bits per heavy atom. The first-order valence-corrected chi connectivity index (χ1v) is 16.5. The Kier molecular flexibility index (Phi) is 16.9. The molecule has 1 fully saturated rings. The standard InChI is InChI=1S/C15H23O12PS.2C7H9N/c1-7(16)23-5-11-12(24-8(2)17)13(25-9(3)18)14(26-10(4)19)15(27-11)29-6-28(20,21)22;2*1-6-4-3-5-7(2)8-6/h11-15H,5-6H2,1-4H3,(H2,20,21,22);2*3-5H,1-2H3/t11-,12-,13+,14-,15+;;/m1../s1. The molecule has 3 heterocycles. The number of aromatic nitrogens is 2. The van der Waals surface area contributed by atoms with E-state index >= 15 is 0 Å². The summed E-state index contributed by atoms with van der Waals surface area (Å²) in [5.41, 5.74) is 2.44. The fourth-order valence-electron chi connectivity index (χ4n) is 3.85. The van der Waals surface area contributed by atoms with Gasteiger partial charge < -0.3 is 33.5 Å². The second-order valence-electron chi connectivity index (χ2n) is 9.87. The highest BCUT2D eigenvalue weighted by Crippen LogP contribution is 2.43. The lowest BCUT2D eigenvalue weighted by molar-refractivity contribution is -0.237. The maximum Gasteiger partial charge on any atom is 0.335 e. The van der Waals surface area contributed by atoms with Gasteiger partial charge in [0.15, 0.2) is 18.3 Å². The zero-order chi connectivity index (χ0) is 34.3. The van der Waals surface area contributed by atoms with E-state index in [0.717, 1.165) is 50.5 Å². The van der Waals surface area contributed by atoms with E-state index in [2.05, 4.69) is 9.97 Å². The van der Waals surface area contributed by atoms with Crippen LogP contribution in [0.2, 0.25) is 0 Å². The van der Waals surface area contributed by atoms with Crippen LogP contribution in [0.3, 0.4) is 0 Å². The van der Waals surface area contributed by atoms with Crippen LogP contribution in [0.25, 0.3) is 0 Å². The first-order valence-electron chi connectivity index (χ1n) is 13.6. The zero-order valence-corrected chi connectivity index (χ0v) is 28.2. The summed E-state index contributed by atoms with van der Waals surface area (Å²) in [5, 5.41) is 0. The molecular weight excluding hydrogens is 631 g/mol. The zero-order valence-electron chi connectivity index (χ0n) is 26.5. The van der Waals surface area contributed by atoms with E-state index in [9.17, 15) is 23.7 Å². The minimum Gasteiger partial charge on any atom is -0.463 e. The van der Waals surface area contributed by atoms with Crippen LogP contribution in [-0.2, 0) is 47.4 Å². The van der Waals surface area contributed by atoms with Gasteiger partial charge in [-0.2, -0.15) is 0 Å². The molecule has 1 aliphatic rings. The highest BCUT2D eigenvalue weighted by atomic mass is 32.2. The van der Waals surface area contributed by atoms with Gasteiger partial charge in [-0.3, -0.25) is 33.7 Å². The van der Waals surface area contributed by atoms with Crippen molar-refractivity contribution >= 4 is 43.2 Å². The fourth-order valence-corrected chi connectivity index (χ4v) is 5.84. The number of pyridine rings is 2. The van der Waals surface area contributed by atoms with E-state index in [4.69, 9.17) is 33.5 Å². The molecule has 2 aromatic rings. The van der Waals surface area contributed by atoms with Crippen molar-refractivity contribution in [2.75, 3.05) is 12.1 Å². The molecule has 2 aromatic heterocycles. The molecule has 2 N–H and O–H groups in total. The molecule has 45 heavy (non-hydrogen) atoms. The lowest BCUT2D eigenvalue weighted by atomic mass is 9.99. The lowest BCUT2D eigenvalue weighted by Crippen LogP contribution is -2.61. The highest BCUT2D eigenvalue weighted by Gasteiger charge is 2.52. The Morgan fingerprint density at radius 1 is 0.733 bits per heavy atom. The van der Waals surface area contributed by atoms with Crippen molar-refractivity contribution in [2.24, 2.45) is 0 Å². The third kappa shape index (κ3) is 17.1. The van der Waals surface area contributed by atoms with Gasteiger partial charge in [-0.1, -0.05) is 12.1 Å². The van der Waals surface area contributed by atoms with Crippen molar-refractivity contribution < 1.29 is 57.2 Å². The maximum absolute atomic E-state index is 11.6. The topological polar surface area (TPSA) is 198 Å². The SMILES string of the molecule is CC(=O)OC[C@H]1O[C@@H](SCP(=O)(O)O)[C@H](OC(C)=O)[C@@H](OC(C)=O)[C@@H]1OC(C)=O.Cc1cccc(C)n1.Cc1cccc(C)n1. The first-order chi connectivity index (χ1) is 20.9. The van der Waals surface area contributed by atoms with Crippen molar-refractivity contribution in [3.05, 3.63) is 59.2 Å². The van der Waals surface area contributed by atoms with E-state index < -0.39 is 73.4 Å². The molecule has 1 aliphatic heterocycles. The second kappa shape index (κ2) is 19.2. The molecule has 0 aliphatic carbocycles. The number of thioether (sulfide) groups is 1. The summed E-state index contributed by atoms with van der Waals surface area (Å²) in [6.45, 7) is 11.9. The quantitative estimate of drug-likeness (QED) is 0.235. The molecule has 0 saturated carbocycles. The summed E-state index contributed by atoms with van der Waals surface area (Å²) in [4.78, 5) is 72.5. The smallest absolute Gasteiger partial charge is 0.335 e. The number of carbonyl (C=O) groups is 4. The van der Waals surface area contributed by atoms with Gasteiger partial charge in [0.05, 0.1) is 5.49 Å². The van der Waals surface area contributed by atoms with Crippen LogP contribution < -0.4 is 0 Å². The van der Waals surface area contributed by atoms with Crippen LogP contribution in [0.15, 0.2) is 36.4 Å². The van der Waals surface area contributed by atoms with E-state index in [-0.39, 0.29) is 0 Å². The molecule has 0 radical (unpaired) electrons. The van der Waals surface area contributed by atoms with Gasteiger partial charge >= 0.3 is 31.5 Å². The average molecular weight is 673 g/mol. The fraction of sp³-hybridized carbons (Fsp3) is 0.517. The largest absolute Gasteiger partial charge is 0.463 e. The molecular formula is C29H41N2O12PS. The predicted molar refractivity (Wildman–Crippen MR) is 164 cm³/mol. The summed E-state index contributed by atoms with van der Waals surface area (Å²) < 4.78 is 37.3. The van der Waals surface area contributed by atoms with Gasteiger partial charge in [-0.15, -0.1) is 11.8 Å². The Morgan fingerprint density at radius 3 is 1.47 bits per heavy atom. The van der Waals surface area contributed by atoms with E-state index in [0.29, 0.717) is 11.8 Å². The summed E-state index contributed by atoms with van der Waals surface area (Å²) >= 11 is 0.609. The van der Waals surface area contributed by atoms with Gasteiger partial charge in [-0.25, -0.2) is 0 Å². The van der Waals surface area contributed by atoms with E-state index in [1.807, 2.05) is 64.1 Å². The van der Waals surface area contributed by atoms with Gasteiger partial charge in [0.2, 0.25) is 0 Å². The van der Waals surface area contributed by atoms with Gasteiger partial charge in [0.25, 0.3) is 0 Å². The van der Waals surface area contributed by atoms with E-state index in [1.165, 1.54) is 0 Å². The van der Waals surface area contributed by atoms with E-state index in [1.54, 1.807) is 0 Å². The van der Waals surface area contributed by atoms with Crippen molar-refractivity contribution in [3.8, 4) is 0 Å². The number of ether oxygens (including phenoxy) is 5. The molecule has 16 heteroatoms. The number of hydrogen-bond acceptors (Lipinski definition) is 13. The summed E-state index contributed by atoms with van der Waals surface area (Å²) in [6.07, 6.45) is -5.20. The molecule has 0 aromatic carbocycles. The number of hydrogen-bond donors (Lipinski definition) is 2. The minimum absolute atomic E-state index is 0.412. The van der Waals surface area contributed by atoms with Gasteiger partial charge in [0.1, 0.15) is 18.1 Å². The van der Waals surface area contributed by atoms with Crippen LogP contribution in [0, 0.1) is 27.7 Å². The summed E-state index contributed by atoms with van der Waals surface area (Å²) in [6, 6.07) is 12.0. The molecule has 14 nitrogen and oxygen atoms in total. The number of aryl methyl sites for hydroxylation is 4. The normalized spacial score (nSPS) is 20.6. The van der Waals surface area contributed by atoms with Crippen molar-refractivity contribution in [3.63, 3.8) is 0 Å². The van der Waals surface area contributed by atoms with Crippen molar-refractivity contribution in [1.29, 1.82) is 0 Å². The monoisotopic (exact) mass is 672 g/mol. The van der Waals surface area contributed by atoms with Crippen molar-refractivity contribution in [1.82, 2.24) is 9.97 Å². The molecule has 250 valence electrons. The first kappa shape index (κ1) is 39.7. The van der Waals surface area contributed by atoms with Crippen LogP contribution in [0.5, 0.6) is 0 Å². The molecule has 0 spiro atoms. The van der Waals surface area contributed by atoms with Crippen molar-refractivity contribution in [2.45, 2.75) is 85.2 Å². The Balaban J connectivity index is 0.000000505. The molecule has 0 amide bonds. The van der Waals surface area contributed by atoms with Crippen LogP contribution in [0.1, 0.15) is 50.5 Å². The lowest BCUT2D eigenvalue weighted by Gasteiger charge is -2.44. The van der Waals surface area contributed by atoms with Gasteiger partial charge in [-0.05, 0) is 52.0 Å². The third-order valence-corrected chi connectivity index (χ3v) is 8.06. The predicted octanol–water partition coefficient (Wildman–Crippen LogP) is 3.33. The third-order valence-electron chi connectivity index (χ3n) is 5.41. The minimum atomic E-state index is -4.47. The van der Waals surface area contributed by atoms with Gasteiger partial charge in [0, 0.05) is 50.5 Å². The Hall–Kier alpha value is -3.36. The number of carbonyl (C=O) groups excluding carboxylic acids is 4. The Labute approximate surface area is 266 Å². The number of rotatable bonds is 8. The maximum atomic E-state index is 11.6. The Bertz CT molecular complexity index is 1260. The highest BCUT2D eigenvalue weighted by molar-refractivity contribution is 8.04. The molecule has 0 bridgehead atoms. The average Bonchev–Trinajstić information content (AvgIpc) is 2.88. The molecule has 5 atom stereocenters. The molecule has 3 rings (SSSR count). The summed E-state index contributed by atoms with van der Waals surface area (Å²) in [7, 11) is -4.47. The number of esters is 4. The molecule has 1 saturated heterocycles. The number of nitrogens with zero attached hydrogens (tertiary/aromatic N) is 2. The van der Waals surface area contributed by atoms with Crippen LogP contribution >= 0.6 is 19.4 Å². The second-order valence-corrected chi connectivity index (χ2v) is 13.0. The summed E-state index contributed by atoms with van der Waals surface area (Å²) in [5.74, 6) is -3.03.